The van der Waals surface area contributed by atoms with E-state index in [9.17, 15) is 9.90 Å². The summed E-state index contributed by atoms with van der Waals surface area (Å²) in [5, 5.41) is 11.7. The molecule has 2 heteroatoms. The van der Waals surface area contributed by atoms with Crippen molar-refractivity contribution in [2.24, 2.45) is 0 Å². The van der Waals surface area contributed by atoms with Crippen molar-refractivity contribution in [1.82, 2.24) is 0 Å². The maximum absolute atomic E-state index is 11.4. The quantitative estimate of drug-likeness (QED) is 0.839. The van der Waals surface area contributed by atoms with Gasteiger partial charge >= 0.3 is 5.97 Å². The van der Waals surface area contributed by atoms with Gasteiger partial charge in [-0.15, -0.1) is 0 Å². The van der Waals surface area contributed by atoms with Gasteiger partial charge < -0.3 is 5.11 Å². The van der Waals surface area contributed by atoms with Gasteiger partial charge in [-0.1, -0.05) is 42.5 Å². The molecule has 2 aliphatic rings. The van der Waals surface area contributed by atoms with Crippen molar-refractivity contribution in [2.75, 3.05) is 0 Å². The molecule has 2 nitrogen and oxygen atoms in total. The number of allylic oxidation sites excluding steroid dienone is 2. The normalized spacial score (nSPS) is 15.5. The Hall–Kier alpha value is -2.35. The van der Waals surface area contributed by atoms with Crippen LogP contribution in [0.4, 0.5) is 0 Å². The number of rotatable bonds is 1. The third-order valence-electron chi connectivity index (χ3n) is 4.05. The van der Waals surface area contributed by atoms with E-state index in [0.717, 1.165) is 17.4 Å². The van der Waals surface area contributed by atoms with Crippen LogP contribution in [-0.2, 0) is 17.6 Å². The van der Waals surface area contributed by atoms with Gasteiger partial charge in [0.15, 0.2) is 0 Å². The number of hydrogen-bond acceptors (Lipinski definition) is 1. The Balaban J connectivity index is 2.18. The minimum absolute atomic E-state index is 0.436. The fourth-order valence-electron chi connectivity index (χ4n) is 3.21. The summed E-state index contributed by atoms with van der Waals surface area (Å²) in [4.78, 5) is 11.4. The molecule has 0 fully saturated rings. The Morgan fingerprint density at radius 1 is 1.00 bits per heavy atom. The summed E-state index contributed by atoms with van der Waals surface area (Å²) in [6.45, 7) is 0. The van der Waals surface area contributed by atoms with Crippen molar-refractivity contribution in [3.63, 3.8) is 0 Å². The summed E-state index contributed by atoms with van der Waals surface area (Å²) in [5.41, 5.74) is 5.03. The zero-order chi connectivity index (χ0) is 13.0. The molecule has 0 heterocycles. The Labute approximate surface area is 110 Å². The smallest absolute Gasteiger partial charge is 0.336 e. The predicted molar refractivity (Wildman–Crippen MR) is 76.0 cm³/mol. The molecule has 0 radical (unpaired) electrons. The van der Waals surface area contributed by atoms with Crippen LogP contribution in [0.2, 0.25) is 0 Å². The fourth-order valence-corrected chi connectivity index (χ4v) is 3.21. The van der Waals surface area contributed by atoms with Gasteiger partial charge in [-0.2, -0.15) is 0 Å². The van der Waals surface area contributed by atoms with Gasteiger partial charge in [0.25, 0.3) is 0 Å². The summed E-state index contributed by atoms with van der Waals surface area (Å²) in [6, 6.07) is 8.29. The lowest BCUT2D eigenvalue weighted by atomic mass is 9.82. The highest BCUT2D eigenvalue weighted by atomic mass is 16.4. The van der Waals surface area contributed by atoms with Crippen LogP contribution < -0.4 is 0 Å². The van der Waals surface area contributed by atoms with E-state index >= 15 is 0 Å². The number of carboxylic acid groups (broad SMARTS) is 1. The lowest BCUT2D eigenvalue weighted by Gasteiger charge is -2.21. The van der Waals surface area contributed by atoms with Crippen molar-refractivity contribution < 1.29 is 9.90 Å². The molecule has 0 saturated carbocycles. The fraction of sp³-hybridized carbons (Fsp3) is 0.118. The van der Waals surface area contributed by atoms with Crippen LogP contribution in [0.1, 0.15) is 22.3 Å². The standard InChI is InChI=1S/C17H12O2/c18-17(19)14-9-7-12-5-4-10-2-1-3-11-6-8-13(14)16(12)15(10)11/h1,3-6,8-9H,2,7H2,(H,18,19). The Bertz CT molecular complexity index is 795. The van der Waals surface area contributed by atoms with Crippen molar-refractivity contribution in [2.45, 2.75) is 12.8 Å². The molecule has 0 aliphatic heterocycles. The number of hydrogen-bond donors (Lipinski definition) is 1. The first-order valence-electron chi connectivity index (χ1n) is 6.43. The molecule has 0 unspecified atom stereocenters. The van der Waals surface area contributed by atoms with Crippen LogP contribution in [-0.4, -0.2) is 11.1 Å². The van der Waals surface area contributed by atoms with E-state index in [4.69, 9.17) is 0 Å². The van der Waals surface area contributed by atoms with Crippen molar-refractivity contribution in [1.29, 1.82) is 0 Å². The van der Waals surface area contributed by atoms with E-state index in [1.165, 1.54) is 22.1 Å². The highest BCUT2D eigenvalue weighted by molar-refractivity contribution is 6.21. The molecule has 0 spiro atoms. The predicted octanol–water partition coefficient (Wildman–Crippen LogP) is 3.43. The molecule has 2 aromatic carbocycles. The third kappa shape index (κ3) is 1.34. The minimum Gasteiger partial charge on any atom is -0.478 e. The van der Waals surface area contributed by atoms with Gasteiger partial charge in [0.05, 0.1) is 5.57 Å². The summed E-state index contributed by atoms with van der Waals surface area (Å²) < 4.78 is 0. The van der Waals surface area contributed by atoms with E-state index in [2.05, 4.69) is 24.3 Å². The SMILES string of the molecule is O=C(O)C1=CCc2ccc3c4c(ccc1c24)C=CC3. The van der Waals surface area contributed by atoms with Gasteiger partial charge in [0.2, 0.25) is 0 Å². The monoisotopic (exact) mass is 248 g/mol. The van der Waals surface area contributed by atoms with E-state index in [-0.39, 0.29) is 0 Å². The minimum atomic E-state index is -0.835. The second-order valence-electron chi connectivity index (χ2n) is 5.07. The highest BCUT2D eigenvalue weighted by Crippen LogP contribution is 2.38. The van der Waals surface area contributed by atoms with Crippen LogP contribution in [0, 0.1) is 0 Å². The van der Waals surface area contributed by atoms with Crippen molar-refractivity contribution in [3.8, 4) is 0 Å². The molecule has 92 valence electrons. The van der Waals surface area contributed by atoms with E-state index in [1.54, 1.807) is 0 Å². The van der Waals surface area contributed by atoms with Crippen LogP contribution >= 0.6 is 0 Å². The molecule has 1 N–H and O–H groups in total. The average Bonchev–Trinajstić information content (AvgIpc) is 2.44. The molecule has 2 aliphatic carbocycles. The van der Waals surface area contributed by atoms with Crippen LogP contribution in [0.15, 0.2) is 36.4 Å². The van der Waals surface area contributed by atoms with E-state index < -0.39 is 5.97 Å². The molecule has 19 heavy (non-hydrogen) atoms. The second kappa shape index (κ2) is 3.58. The topological polar surface area (TPSA) is 37.3 Å². The van der Waals surface area contributed by atoms with Crippen LogP contribution in [0.5, 0.6) is 0 Å². The summed E-state index contributed by atoms with van der Waals surface area (Å²) in [5.74, 6) is -0.835. The van der Waals surface area contributed by atoms with Gasteiger partial charge in [-0.05, 0) is 45.9 Å². The number of carboxylic acids is 1. The molecule has 0 amide bonds. The molecule has 0 atom stereocenters. The zero-order valence-corrected chi connectivity index (χ0v) is 10.3. The zero-order valence-electron chi connectivity index (χ0n) is 10.3. The van der Waals surface area contributed by atoms with E-state index in [1.807, 2.05) is 18.2 Å². The Morgan fingerprint density at radius 3 is 2.58 bits per heavy atom. The number of carbonyl (C=O) groups is 1. The summed E-state index contributed by atoms with van der Waals surface area (Å²) in [7, 11) is 0. The molecule has 4 rings (SSSR count). The molecular weight excluding hydrogens is 236 g/mol. The third-order valence-corrected chi connectivity index (χ3v) is 4.05. The van der Waals surface area contributed by atoms with Gasteiger partial charge in [0, 0.05) is 0 Å². The Morgan fingerprint density at radius 2 is 1.79 bits per heavy atom. The summed E-state index contributed by atoms with van der Waals surface area (Å²) in [6.07, 6.45) is 7.75. The molecule has 2 aromatic rings. The average molecular weight is 248 g/mol. The van der Waals surface area contributed by atoms with Crippen LogP contribution in [0.25, 0.3) is 22.4 Å². The van der Waals surface area contributed by atoms with Gasteiger partial charge in [-0.25, -0.2) is 4.79 Å². The number of benzene rings is 2. The molecule has 0 saturated heterocycles. The van der Waals surface area contributed by atoms with Crippen LogP contribution in [0.3, 0.4) is 0 Å². The van der Waals surface area contributed by atoms with E-state index in [0.29, 0.717) is 12.0 Å². The highest BCUT2D eigenvalue weighted by Gasteiger charge is 2.22. The molecule has 0 bridgehead atoms. The first kappa shape index (κ1) is 10.6. The lowest BCUT2D eigenvalue weighted by Crippen LogP contribution is -2.08. The van der Waals surface area contributed by atoms with Crippen molar-refractivity contribution >= 4 is 28.4 Å². The largest absolute Gasteiger partial charge is 0.478 e. The first-order valence-corrected chi connectivity index (χ1v) is 6.43. The van der Waals surface area contributed by atoms with Crippen molar-refractivity contribution in [3.05, 3.63) is 58.7 Å². The Kier molecular flexibility index (Phi) is 1.99. The van der Waals surface area contributed by atoms with Gasteiger partial charge in [0.1, 0.15) is 0 Å². The molecule has 0 aromatic heterocycles. The van der Waals surface area contributed by atoms with Gasteiger partial charge in [-0.3, -0.25) is 0 Å². The summed E-state index contributed by atoms with van der Waals surface area (Å²) >= 11 is 0. The lowest BCUT2D eigenvalue weighted by molar-refractivity contribution is -0.130. The number of aliphatic carboxylic acids is 1. The first-order chi connectivity index (χ1) is 9.25. The second-order valence-corrected chi connectivity index (χ2v) is 5.07. The molecular formula is C17H12O2. The maximum Gasteiger partial charge on any atom is 0.336 e. The maximum atomic E-state index is 11.4.